The second-order valence-corrected chi connectivity index (χ2v) is 12.5. The van der Waals surface area contributed by atoms with Crippen LogP contribution in [0.1, 0.15) is 40.1 Å². The highest BCUT2D eigenvalue weighted by Gasteiger charge is 2.34. The van der Waals surface area contributed by atoms with Crippen molar-refractivity contribution in [2.45, 2.75) is 32.5 Å². The van der Waals surface area contributed by atoms with Gasteiger partial charge in [-0.25, -0.2) is 4.79 Å². The van der Waals surface area contributed by atoms with Crippen LogP contribution in [0.15, 0.2) is 91.0 Å². The number of likely N-dealkylation sites (N-methyl/N-ethyl adjacent to an activating group) is 1. The van der Waals surface area contributed by atoms with E-state index in [1.807, 2.05) is 38.2 Å². The first-order chi connectivity index (χ1) is 24.1. The Balaban J connectivity index is 1.32. The van der Waals surface area contributed by atoms with E-state index in [0.29, 0.717) is 59.3 Å². The minimum atomic E-state index is -0.506. The lowest BCUT2D eigenvalue weighted by Gasteiger charge is -2.38. The number of methoxy groups -OCH3 is 1. The molecule has 4 aromatic rings. The number of anilines is 4. The van der Waals surface area contributed by atoms with Crippen molar-refractivity contribution in [2.75, 3.05) is 55.5 Å². The van der Waals surface area contributed by atoms with Gasteiger partial charge in [-0.2, -0.15) is 0 Å². The molecule has 1 heterocycles. The summed E-state index contributed by atoms with van der Waals surface area (Å²) in [6, 6.07) is 25.5. The minimum absolute atomic E-state index is 0.138. The fourth-order valence-corrected chi connectivity index (χ4v) is 5.77. The van der Waals surface area contributed by atoms with E-state index in [4.69, 9.17) is 15.2 Å². The number of urea groups is 1. The molecule has 0 bridgehead atoms. The molecule has 0 saturated heterocycles. The summed E-state index contributed by atoms with van der Waals surface area (Å²) in [4.78, 5) is 43.5. The largest absolute Gasteiger partial charge is 0.497 e. The van der Waals surface area contributed by atoms with E-state index in [9.17, 15) is 19.5 Å². The summed E-state index contributed by atoms with van der Waals surface area (Å²) in [5, 5.41) is 18.5. The smallest absolute Gasteiger partial charge is 0.323 e. The summed E-state index contributed by atoms with van der Waals surface area (Å²) >= 11 is 0. The summed E-state index contributed by atoms with van der Waals surface area (Å²) in [5.41, 5.74) is 9.71. The van der Waals surface area contributed by atoms with Gasteiger partial charge in [0.25, 0.3) is 11.8 Å². The molecule has 3 atom stereocenters. The number of carbonyl (C=O) groups excluding carboxylic acids is 3. The normalized spacial score (nSPS) is 16.4. The molecule has 0 spiro atoms. The summed E-state index contributed by atoms with van der Waals surface area (Å²) < 4.78 is 11.8. The number of nitrogens with one attached hydrogen (secondary N) is 3. The quantitative estimate of drug-likeness (QED) is 0.130. The van der Waals surface area contributed by atoms with E-state index in [-0.39, 0.29) is 30.1 Å². The van der Waals surface area contributed by atoms with Gasteiger partial charge in [0.2, 0.25) is 0 Å². The lowest BCUT2D eigenvalue weighted by molar-refractivity contribution is 0.0343. The van der Waals surface area contributed by atoms with Crippen molar-refractivity contribution in [3.8, 4) is 11.5 Å². The molecule has 6 N–H and O–H groups in total. The first-order valence-corrected chi connectivity index (χ1v) is 16.4. The van der Waals surface area contributed by atoms with E-state index in [1.54, 1.807) is 85.7 Å². The summed E-state index contributed by atoms with van der Waals surface area (Å²) in [6.45, 7) is 5.02. The number of para-hydroxylation sites is 3. The van der Waals surface area contributed by atoms with Gasteiger partial charge in [-0.3, -0.25) is 14.5 Å². The average molecular weight is 681 g/mol. The number of aliphatic hydroxyl groups is 1. The molecule has 0 unspecified atom stereocenters. The van der Waals surface area contributed by atoms with Crippen LogP contribution in [-0.2, 0) is 6.54 Å². The monoisotopic (exact) mass is 680 g/mol. The molecule has 1 aliphatic rings. The Labute approximate surface area is 292 Å². The van der Waals surface area contributed by atoms with Crippen LogP contribution in [-0.4, -0.2) is 78.8 Å². The molecule has 50 heavy (non-hydrogen) atoms. The molecule has 4 aromatic carbocycles. The van der Waals surface area contributed by atoms with Gasteiger partial charge in [0.1, 0.15) is 11.9 Å². The molecular formula is C38H44N6O6. The van der Waals surface area contributed by atoms with Crippen LogP contribution >= 0.6 is 0 Å². The molecule has 12 heteroatoms. The maximum Gasteiger partial charge on any atom is 0.323 e. The van der Waals surface area contributed by atoms with Crippen molar-refractivity contribution in [3.05, 3.63) is 108 Å². The summed E-state index contributed by atoms with van der Waals surface area (Å²) in [7, 11) is 3.54. The number of aliphatic hydroxyl groups excluding tert-OH is 1. The molecule has 5 rings (SSSR count). The van der Waals surface area contributed by atoms with E-state index in [2.05, 4.69) is 20.9 Å². The van der Waals surface area contributed by atoms with Crippen LogP contribution in [0, 0.1) is 5.92 Å². The predicted molar refractivity (Wildman–Crippen MR) is 195 cm³/mol. The fraction of sp³-hybridized carbons (Fsp3) is 0.289. The van der Waals surface area contributed by atoms with Crippen molar-refractivity contribution < 1.29 is 29.0 Å². The van der Waals surface area contributed by atoms with Gasteiger partial charge >= 0.3 is 6.03 Å². The zero-order chi connectivity index (χ0) is 35.8. The average Bonchev–Trinajstić information content (AvgIpc) is 3.11. The molecule has 0 aliphatic carbocycles. The second kappa shape index (κ2) is 16.2. The molecule has 262 valence electrons. The van der Waals surface area contributed by atoms with Crippen LogP contribution < -0.4 is 31.2 Å². The molecule has 4 amide bonds. The van der Waals surface area contributed by atoms with Crippen LogP contribution in [0.25, 0.3) is 0 Å². The van der Waals surface area contributed by atoms with Gasteiger partial charge in [-0.15, -0.1) is 0 Å². The van der Waals surface area contributed by atoms with Crippen molar-refractivity contribution in [3.63, 3.8) is 0 Å². The van der Waals surface area contributed by atoms with Crippen LogP contribution in [0.2, 0.25) is 0 Å². The molecular weight excluding hydrogens is 636 g/mol. The number of nitrogens with zero attached hydrogens (tertiary/aromatic N) is 2. The van der Waals surface area contributed by atoms with Gasteiger partial charge in [-0.05, 0) is 80.2 Å². The number of hydrogen-bond acceptors (Lipinski definition) is 8. The number of rotatable bonds is 11. The van der Waals surface area contributed by atoms with Crippen LogP contribution in [0.3, 0.4) is 0 Å². The predicted octanol–water partition coefficient (Wildman–Crippen LogP) is 5.53. The Hall–Kier alpha value is -5.59. The van der Waals surface area contributed by atoms with Gasteiger partial charge in [0.05, 0.1) is 42.4 Å². The Bertz CT molecular complexity index is 1800. The summed E-state index contributed by atoms with van der Waals surface area (Å²) in [5.74, 6) is 0.237. The number of benzene rings is 4. The fourth-order valence-electron chi connectivity index (χ4n) is 5.77. The number of ether oxygens (including phenoxy) is 2. The number of amides is 4. The molecule has 0 fully saturated rings. The van der Waals surface area contributed by atoms with E-state index in [0.717, 1.165) is 5.56 Å². The third kappa shape index (κ3) is 8.70. The Morgan fingerprint density at radius 3 is 2.36 bits per heavy atom. The van der Waals surface area contributed by atoms with Gasteiger partial charge in [0, 0.05) is 36.8 Å². The Morgan fingerprint density at radius 1 is 0.980 bits per heavy atom. The zero-order valence-corrected chi connectivity index (χ0v) is 28.7. The van der Waals surface area contributed by atoms with Crippen LogP contribution in [0.4, 0.5) is 27.5 Å². The number of nitrogen functional groups attached to an aromatic ring is 1. The number of nitrogens with two attached hydrogens (primary N) is 1. The first-order valence-electron chi connectivity index (χ1n) is 16.4. The maximum atomic E-state index is 13.8. The zero-order valence-electron chi connectivity index (χ0n) is 28.7. The SMILES string of the molecule is COc1ccc(NC(=O)Nc2cccc3c2O[C@H](CN(C)Cc2ccc(C(=O)Nc4ccccc4N)cc2)[C@H](C)CN([C@H](C)CO)C3=O)cc1. The lowest BCUT2D eigenvalue weighted by Crippen LogP contribution is -2.49. The molecule has 0 saturated carbocycles. The second-order valence-electron chi connectivity index (χ2n) is 12.5. The number of fused-ring (bicyclic) bond motifs is 1. The molecule has 1 aliphatic heterocycles. The van der Waals surface area contributed by atoms with Gasteiger partial charge in [0.15, 0.2) is 5.75 Å². The van der Waals surface area contributed by atoms with E-state index < -0.39 is 18.2 Å². The van der Waals surface area contributed by atoms with Crippen molar-refractivity contribution in [1.82, 2.24) is 9.80 Å². The lowest BCUT2D eigenvalue weighted by atomic mass is 9.98. The third-order valence-corrected chi connectivity index (χ3v) is 8.66. The first kappa shape index (κ1) is 35.7. The molecule has 12 nitrogen and oxygen atoms in total. The topological polar surface area (TPSA) is 158 Å². The molecule has 0 radical (unpaired) electrons. The van der Waals surface area contributed by atoms with E-state index in [1.165, 1.54) is 0 Å². The molecule has 0 aromatic heterocycles. The minimum Gasteiger partial charge on any atom is -0.497 e. The Morgan fingerprint density at radius 2 is 1.68 bits per heavy atom. The van der Waals surface area contributed by atoms with Gasteiger partial charge in [-0.1, -0.05) is 37.3 Å². The highest BCUT2D eigenvalue weighted by Crippen LogP contribution is 2.35. The van der Waals surface area contributed by atoms with Crippen molar-refractivity contribution >= 4 is 40.6 Å². The van der Waals surface area contributed by atoms with Crippen molar-refractivity contribution in [1.29, 1.82) is 0 Å². The number of hydrogen-bond donors (Lipinski definition) is 5. The highest BCUT2D eigenvalue weighted by atomic mass is 16.5. The standard InChI is InChI=1S/C38H44N6O6/c1-24-20-44(25(2)23-45)37(47)30-8-7-11-33(42-38(48)40-28-16-18-29(49-4)19-17-28)35(30)50-34(24)22-43(3)21-26-12-14-27(15-13-26)36(46)41-32-10-6-5-9-31(32)39/h5-19,24-25,34,45H,20-23,39H2,1-4H3,(H,41,46)(H2,40,42,48)/t24-,25-,34-/m1/s1. The van der Waals surface area contributed by atoms with E-state index >= 15 is 0 Å². The maximum absolute atomic E-state index is 13.8. The Kier molecular flexibility index (Phi) is 11.6. The van der Waals surface area contributed by atoms with Gasteiger partial charge < -0.3 is 41.2 Å². The number of carbonyl (C=O) groups is 3. The summed E-state index contributed by atoms with van der Waals surface area (Å²) in [6.07, 6.45) is -0.394. The third-order valence-electron chi connectivity index (χ3n) is 8.66. The van der Waals surface area contributed by atoms with Crippen LogP contribution in [0.5, 0.6) is 11.5 Å². The highest BCUT2D eigenvalue weighted by molar-refractivity contribution is 6.06. The van der Waals surface area contributed by atoms with Crippen molar-refractivity contribution in [2.24, 2.45) is 5.92 Å².